The SMILES string of the molecule is CC(C)(C)OC(=O)NC(CCn1c(=O)c2ccccc2n(COCC[Si](C)(C)C)c1=O)C(=O)OCc1ccccc1. The molecule has 222 valence electrons. The molecule has 0 saturated heterocycles. The molecule has 0 bridgehead atoms. The van der Waals surface area contributed by atoms with E-state index in [0.717, 1.165) is 16.2 Å². The van der Waals surface area contributed by atoms with Crippen molar-refractivity contribution in [1.29, 1.82) is 0 Å². The molecule has 10 nitrogen and oxygen atoms in total. The number of alkyl carbamates (subject to hydrolysis) is 1. The molecule has 1 heterocycles. The van der Waals surface area contributed by atoms with Crippen LogP contribution in [0.15, 0.2) is 64.2 Å². The summed E-state index contributed by atoms with van der Waals surface area (Å²) in [5.41, 5.74) is -0.591. The van der Waals surface area contributed by atoms with E-state index in [1.54, 1.807) is 45.0 Å². The maximum Gasteiger partial charge on any atom is 0.408 e. The summed E-state index contributed by atoms with van der Waals surface area (Å²) in [5.74, 6) is -0.705. The highest BCUT2D eigenvalue weighted by molar-refractivity contribution is 6.76. The standard InChI is InChI=1S/C30H41N3O7Si/c1-30(2,3)40-28(36)31-24(27(35)39-20-22-12-8-7-9-13-22)16-17-32-26(34)23-14-10-11-15-25(23)33(29(32)37)21-38-18-19-41(4,5)6/h7-15,24H,16-21H2,1-6H3,(H,31,36). The second-order valence-corrected chi connectivity index (χ2v) is 17.7. The first-order valence-corrected chi connectivity index (χ1v) is 17.5. The van der Waals surface area contributed by atoms with Crippen molar-refractivity contribution >= 4 is 31.0 Å². The molecule has 0 aliphatic heterocycles. The second-order valence-electron chi connectivity index (χ2n) is 12.1. The van der Waals surface area contributed by atoms with E-state index >= 15 is 0 Å². The topological polar surface area (TPSA) is 118 Å². The molecule has 1 unspecified atom stereocenters. The molecule has 0 fully saturated rings. The Labute approximate surface area is 241 Å². The van der Waals surface area contributed by atoms with Crippen LogP contribution in [0.3, 0.4) is 0 Å². The number of nitrogens with one attached hydrogen (secondary N) is 1. The van der Waals surface area contributed by atoms with E-state index in [1.165, 1.54) is 4.57 Å². The molecule has 11 heteroatoms. The molecule has 0 saturated carbocycles. The Bertz CT molecular complexity index is 1450. The van der Waals surface area contributed by atoms with Crippen molar-refractivity contribution in [2.45, 2.75) is 84.4 Å². The van der Waals surface area contributed by atoms with Crippen molar-refractivity contribution in [2.24, 2.45) is 0 Å². The first-order chi connectivity index (χ1) is 19.2. The van der Waals surface area contributed by atoms with Crippen LogP contribution in [0.5, 0.6) is 0 Å². The summed E-state index contributed by atoms with van der Waals surface area (Å²) in [5, 5.41) is 2.90. The Balaban J connectivity index is 1.85. The number of para-hydroxylation sites is 1. The number of benzene rings is 2. The highest BCUT2D eigenvalue weighted by atomic mass is 28.3. The van der Waals surface area contributed by atoms with E-state index in [-0.39, 0.29) is 26.3 Å². The van der Waals surface area contributed by atoms with E-state index in [4.69, 9.17) is 14.2 Å². The highest BCUT2D eigenvalue weighted by Crippen LogP contribution is 2.12. The summed E-state index contributed by atoms with van der Waals surface area (Å²) in [6.07, 6.45) is -0.880. The molecule has 1 amide bonds. The van der Waals surface area contributed by atoms with Gasteiger partial charge in [-0.2, -0.15) is 0 Å². The quantitative estimate of drug-likeness (QED) is 0.189. The van der Waals surface area contributed by atoms with Gasteiger partial charge in [0.15, 0.2) is 0 Å². The molecule has 1 atom stereocenters. The number of ether oxygens (including phenoxy) is 3. The average molecular weight is 584 g/mol. The Hall–Kier alpha value is -3.70. The Morgan fingerprint density at radius 1 is 0.951 bits per heavy atom. The molecule has 1 N–H and O–H groups in total. The van der Waals surface area contributed by atoms with Gasteiger partial charge in [-0.1, -0.05) is 62.1 Å². The zero-order chi connectivity index (χ0) is 30.2. The lowest BCUT2D eigenvalue weighted by Gasteiger charge is -2.23. The first kappa shape index (κ1) is 31.8. The minimum Gasteiger partial charge on any atom is -0.459 e. The van der Waals surface area contributed by atoms with Gasteiger partial charge in [0.1, 0.15) is 25.0 Å². The maximum absolute atomic E-state index is 13.5. The number of rotatable bonds is 12. The summed E-state index contributed by atoms with van der Waals surface area (Å²) in [6, 6.07) is 15.7. The average Bonchev–Trinajstić information content (AvgIpc) is 2.89. The molecular formula is C30H41N3O7Si. The molecule has 0 radical (unpaired) electrons. The third-order valence-corrected chi connectivity index (χ3v) is 7.89. The van der Waals surface area contributed by atoms with Crippen LogP contribution in [0.1, 0.15) is 32.8 Å². The number of fused-ring (bicyclic) bond motifs is 1. The summed E-state index contributed by atoms with van der Waals surface area (Å²) < 4.78 is 19.1. The third-order valence-electron chi connectivity index (χ3n) is 6.19. The van der Waals surface area contributed by atoms with Gasteiger partial charge in [0.2, 0.25) is 0 Å². The van der Waals surface area contributed by atoms with Crippen LogP contribution < -0.4 is 16.6 Å². The van der Waals surface area contributed by atoms with Crippen LogP contribution in [-0.4, -0.2) is 47.5 Å². The largest absolute Gasteiger partial charge is 0.459 e. The molecule has 3 aromatic rings. The van der Waals surface area contributed by atoms with Crippen molar-refractivity contribution in [3.05, 3.63) is 81.0 Å². The Morgan fingerprint density at radius 3 is 2.27 bits per heavy atom. The number of amides is 1. The van der Waals surface area contributed by atoms with Crippen LogP contribution in [0.2, 0.25) is 25.7 Å². The van der Waals surface area contributed by atoms with Gasteiger partial charge in [0, 0.05) is 21.2 Å². The van der Waals surface area contributed by atoms with Crippen molar-refractivity contribution in [3.8, 4) is 0 Å². The van der Waals surface area contributed by atoms with Gasteiger partial charge < -0.3 is 19.5 Å². The van der Waals surface area contributed by atoms with Gasteiger partial charge in [-0.25, -0.2) is 14.4 Å². The van der Waals surface area contributed by atoms with Crippen LogP contribution in [0.4, 0.5) is 4.79 Å². The van der Waals surface area contributed by atoms with Gasteiger partial charge in [-0.3, -0.25) is 13.9 Å². The lowest BCUT2D eigenvalue weighted by molar-refractivity contribution is -0.147. The van der Waals surface area contributed by atoms with E-state index < -0.39 is 43.0 Å². The number of esters is 1. The van der Waals surface area contributed by atoms with Gasteiger partial charge in [-0.05, 0) is 50.9 Å². The molecule has 41 heavy (non-hydrogen) atoms. The predicted octanol–water partition coefficient (Wildman–Crippen LogP) is 4.50. The second kappa shape index (κ2) is 13.8. The van der Waals surface area contributed by atoms with Crippen LogP contribution in [0, 0.1) is 0 Å². The van der Waals surface area contributed by atoms with Gasteiger partial charge in [-0.15, -0.1) is 0 Å². The molecule has 0 aliphatic carbocycles. The fourth-order valence-corrected chi connectivity index (χ4v) is 4.77. The zero-order valence-electron chi connectivity index (χ0n) is 24.8. The highest BCUT2D eigenvalue weighted by Gasteiger charge is 2.26. The van der Waals surface area contributed by atoms with Crippen molar-refractivity contribution < 1.29 is 23.8 Å². The summed E-state index contributed by atoms with van der Waals surface area (Å²) in [7, 11) is -1.33. The van der Waals surface area contributed by atoms with Crippen molar-refractivity contribution in [3.63, 3.8) is 0 Å². The van der Waals surface area contributed by atoms with Gasteiger partial charge in [0.05, 0.1) is 10.9 Å². The van der Waals surface area contributed by atoms with Crippen LogP contribution in [-0.2, 0) is 38.9 Å². The summed E-state index contributed by atoms with van der Waals surface area (Å²) >= 11 is 0. The maximum atomic E-state index is 13.5. The number of hydrogen-bond donors (Lipinski definition) is 1. The lowest BCUT2D eigenvalue weighted by Crippen LogP contribution is -2.46. The van der Waals surface area contributed by atoms with Crippen LogP contribution >= 0.6 is 0 Å². The Kier molecular flexibility index (Phi) is 10.7. The smallest absolute Gasteiger partial charge is 0.408 e. The van der Waals surface area contributed by atoms with Crippen molar-refractivity contribution in [2.75, 3.05) is 6.61 Å². The zero-order valence-corrected chi connectivity index (χ0v) is 25.8. The van der Waals surface area contributed by atoms with E-state index in [1.807, 2.05) is 30.3 Å². The fourth-order valence-electron chi connectivity index (χ4n) is 4.01. The molecular weight excluding hydrogens is 542 g/mol. The fraction of sp³-hybridized carbons (Fsp3) is 0.467. The van der Waals surface area contributed by atoms with E-state index in [0.29, 0.717) is 17.5 Å². The van der Waals surface area contributed by atoms with E-state index in [2.05, 4.69) is 25.0 Å². The minimum absolute atomic E-state index is 0.00363. The van der Waals surface area contributed by atoms with Gasteiger partial charge in [0.25, 0.3) is 5.56 Å². The number of nitrogens with zero attached hydrogens (tertiary/aromatic N) is 2. The predicted molar refractivity (Wildman–Crippen MR) is 161 cm³/mol. The number of carbonyl (C=O) groups is 2. The number of hydrogen-bond acceptors (Lipinski definition) is 7. The molecule has 2 aromatic carbocycles. The summed E-state index contributed by atoms with van der Waals surface area (Å²) in [4.78, 5) is 52.5. The molecule has 0 aliphatic rings. The molecule has 0 spiro atoms. The van der Waals surface area contributed by atoms with Gasteiger partial charge >= 0.3 is 17.8 Å². The normalized spacial score (nSPS) is 12.6. The third kappa shape index (κ3) is 9.71. The van der Waals surface area contributed by atoms with E-state index in [9.17, 15) is 19.2 Å². The van der Waals surface area contributed by atoms with Crippen molar-refractivity contribution in [1.82, 2.24) is 14.5 Å². The minimum atomic E-state index is -1.33. The monoisotopic (exact) mass is 583 g/mol. The Morgan fingerprint density at radius 2 is 1.61 bits per heavy atom. The molecule has 3 rings (SSSR count). The number of aromatic nitrogens is 2. The lowest BCUT2D eigenvalue weighted by atomic mass is 10.2. The molecule has 1 aromatic heterocycles. The number of carbonyl (C=O) groups excluding carboxylic acids is 2. The summed E-state index contributed by atoms with van der Waals surface area (Å²) in [6.45, 7) is 12.2. The first-order valence-electron chi connectivity index (χ1n) is 13.8. The van der Waals surface area contributed by atoms with Crippen LogP contribution in [0.25, 0.3) is 10.9 Å².